The standard InChI is InChI=1S/C9H11NO3S/c1-13-9(12)8-3-2-7(14-8)6(11)4-5-10/h2-3H,4-5,10H2,1H3. The monoisotopic (exact) mass is 213 g/mol. The summed E-state index contributed by atoms with van der Waals surface area (Å²) in [6.07, 6.45) is 0.307. The molecular weight excluding hydrogens is 202 g/mol. The molecule has 0 aromatic carbocycles. The maximum Gasteiger partial charge on any atom is 0.348 e. The summed E-state index contributed by atoms with van der Waals surface area (Å²) in [5.41, 5.74) is 5.25. The summed E-state index contributed by atoms with van der Waals surface area (Å²) in [7, 11) is 1.31. The molecule has 2 N–H and O–H groups in total. The number of Topliss-reactive ketones (excluding diaryl/α,β-unsaturated/α-hetero) is 1. The third-order valence-electron chi connectivity index (χ3n) is 1.64. The second kappa shape index (κ2) is 4.88. The van der Waals surface area contributed by atoms with Gasteiger partial charge in [0.1, 0.15) is 4.88 Å². The number of hydrogen-bond acceptors (Lipinski definition) is 5. The van der Waals surface area contributed by atoms with Gasteiger partial charge in [-0.2, -0.15) is 0 Å². The van der Waals surface area contributed by atoms with E-state index in [1.165, 1.54) is 7.11 Å². The van der Waals surface area contributed by atoms with E-state index in [-0.39, 0.29) is 5.78 Å². The van der Waals surface area contributed by atoms with Crippen molar-refractivity contribution >= 4 is 23.1 Å². The first-order chi connectivity index (χ1) is 6.69. The summed E-state index contributed by atoms with van der Waals surface area (Å²) < 4.78 is 4.52. The quantitative estimate of drug-likeness (QED) is 0.600. The Balaban J connectivity index is 2.77. The molecule has 1 rings (SSSR count). The smallest absolute Gasteiger partial charge is 0.348 e. The topological polar surface area (TPSA) is 69.4 Å². The van der Waals surface area contributed by atoms with Crippen molar-refractivity contribution in [3.05, 3.63) is 21.9 Å². The van der Waals surface area contributed by atoms with E-state index in [0.29, 0.717) is 22.7 Å². The molecular formula is C9H11NO3S. The fraction of sp³-hybridized carbons (Fsp3) is 0.333. The zero-order valence-corrected chi connectivity index (χ0v) is 8.60. The van der Waals surface area contributed by atoms with Gasteiger partial charge in [0.2, 0.25) is 0 Å². The Morgan fingerprint density at radius 1 is 1.43 bits per heavy atom. The first kappa shape index (κ1) is 10.9. The third-order valence-corrected chi connectivity index (χ3v) is 2.75. The summed E-state index contributed by atoms with van der Waals surface area (Å²) in [5.74, 6) is -0.450. The second-order valence-corrected chi connectivity index (χ2v) is 3.70. The highest BCUT2D eigenvalue weighted by Crippen LogP contribution is 2.18. The van der Waals surface area contributed by atoms with Gasteiger partial charge in [-0.1, -0.05) is 0 Å². The van der Waals surface area contributed by atoms with E-state index in [4.69, 9.17) is 5.73 Å². The SMILES string of the molecule is COC(=O)c1ccc(C(=O)CCN)s1. The van der Waals surface area contributed by atoms with Crippen molar-refractivity contribution in [1.29, 1.82) is 0 Å². The van der Waals surface area contributed by atoms with Crippen molar-refractivity contribution in [2.24, 2.45) is 5.73 Å². The Kier molecular flexibility index (Phi) is 3.79. The van der Waals surface area contributed by atoms with Crippen LogP contribution < -0.4 is 5.73 Å². The molecule has 0 bridgehead atoms. The minimum atomic E-state index is -0.415. The average Bonchev–Trinajstić information content (AvgIpc) is 2.66. The number of hydrogen-bond donors (Lipinski definition) is 1. The zero-order chi connectivity index (χ0) is 10.6. The number of ketones is 1. The van der Waals surface area contributed by atoms with E-state index in [9.17, 15) is 9.59 Å². The van der Waals surface area contributed by atoms with E-state index in [2.05, 4.69) is 4.74 Å². The van der Waals surface area contributed by atoms with Gasteiger partial charge >= 0.3 is 5.97 Å². The van der Waals surface area contributed by atoms with Crippen molar-refractivity contribution < 1.29 is 14.3 Å². The number of ether oxygens (including phenoxy) is 1. The summed E-state index contributed by atoms with van der Waals surface area (Å²) in [5, 5.41) is 0. The number of rotatable bonds is 4. The molecule has 14 heavy (non-hydrogen) atoms. The number of methoxy groups -OCH3 is 1. The molecule has 0 atom stereocenters. The van der Waals surface area contributed by atoms with Crippen molar-refractivity contribution in [3.63, 3.8) is 0 Å². The Bertz CT molecular complexity index is 346. The predicted molar refractivity (Wildman–Crippen MR) is 53.7 cm³/mol. The Morgan fingerprint density at radius 3 is 2.64 bits per heavy atom. The molecule has 0 saturated carbocycles. The lowest BCUT2D eigenvalue weighted by Crippen LogP contribution is -2.06. The highest BCUT2D eigenvalue weighted by atomic mass is 32.1. The largest absolute Gasteiger partial charge is 0.465 e. The molecule has 0 aliphatic rings. The predicted octanol–water partition coefficient (Wildman–Crippen LogP) is 1.07. The van der Waals surface area contributed by atoms with Gasteiger partial charge in [0.25, 0.3) is 0 Å². The molecule has 1 aromatic heterocycles. The lowest BCUT2D eigenvalue weighted by Gasteiger charge is -1.93. The Hall–Kier alpha value is -1.20. The van der Waals surface area contributed by atoms with Crippen LogP contribution in [0.25, 0.3) is 0 Å². The average molecular weight is 213 g/mol. The van der Waals surface area contributed by atoms with Crippen molar-refractivity contribution in [2.75, 3.05) is 13.7 Å². The van der Waals surface area contributed by atoms with E-state index in [1.807, 2.05) is 0 Å². The number of carbonyl (C=O) groups is 2. The van der Waals surface area contributed by atoms with Gasteiger partial charge in [-0.3, -0.25) is 4.79 Å². The maximum absolute atomic E-state index is 11.3. The molecule has 0 fully saturated rings. The van der Waals surface area contributed by atoms with Gasteiger partial charge in [-0.15, -0.1) is 11.3 Å². The molecule has 0 spiro atoms. The lowest BCUT2D eigenvalue weighted by atomic mass is 10.2. The van der Waals surface area contributed by atoms with Crippen LogP contribution in [0.1, 0.15) is 25.8 Å². The molecule has 5 heteroatoms. The van der Waals surface area contributed by atoms with E-state index >= 15 is 0 Å². The van der Waals surface area contributed by atoms with Crippen LogP contribution in [0.5, 0.6) is 0 Å². The zero-order valence-electron chi connectivity index (χ0n) is 7.78. The minimum Gasteiger partial charge on any atom is -0.465 e. The van der Waals surface area contributed by atoms with Gasteiger partial charge in [-0.05, 0) is 18.7 Å². The second-order valence-electron chi connectivity index (χ2n) is 2.62. The van der Waals surface area contributed by atoms with Crippen LogP contribution in [0.2, 0.25) is 0 Å². The van der Waals surface area contributed by atoms with E-state index in [1.54, 1.807) is 12.1 Å². The molecule has 0 saturated heterocycles. The van der Waals surface area contributed by atoms with Crippen molar-refractivity contribution in [3.8, 4) is 0 Å². The number of nitrogens with two attached hydrogens (primary N) is 1. The van der Waals surface area contributed by atoms with Crippen molar-refractivity contribution in [1.82, 2.24) is 0 Å². The van der Waals surface area contributed by atoms with Gasteiger partial charge in [0, 0.05) is 6.42 Å². The van der Waals surface area contributed by atoms with Crippen LogP contribution in [-0.2, 0) is 4.74 Å². The molecule has 76 valence electrons. The third kappa shape index (κ3) is 2.40. The molecule has 0 aliphatic heterocycles. The summed E-state index contributed by atoms with van der Waals surface area (Å²) >= 11 is 1.13. The molecule has 0 radical (unpaired) electrons. The summed E-state index contributed by atoms with van der Waals surface area (Å²) in [6, 6.07) is 3.20. The molecule has 0 aliphatic carbocycles. The van der Waals surface area contributed by atoms with Crippen molar-refractivity contribution in [2.45, 2.75) is 6.42 Å². The fourth-order valence-electron chi connectivity index (χ4n) is 0.952. The highest BCUT2D eigenvalue weighted by Gasteiger charge is 2.12. The minimum absolute atomic E-state index is 0.0346. The number of thiophene rings is 1. The molecule has 0 amide bonds. The first-order valence-electron chi connectivity index (χ1n) is 4.10. The first-order valence-corrected chi connectivity index (χ1v) is 4.92. The molecule has 4 nitrogen and oxygen atoms in total. The van der Waals surface area contributed by atoms with Gasteiger partial charge < -0.3 is 10.5 Å². The van der Waals surface area contributed by atoms with Crippen LogP contribution in [-0.4, -0.2) is 25.4 Å². The highest BCUT2D eigenvalue weighted by molar-refractivity contribution is 7.15. The van der Waals surface area contributed by atoms with Crippen LogP contribution in [0.4, 0.5) is 0 Å². The Morgan fingerprint density at radius 2 is 2.07 bits per heavy atom. The summed E-state index contributed by atoms with van der Waals surface area (Å²) in [4.78, 5) is 23.4. The summed E-state index contributed by atoms with van der Waals surface area (Å²) in [6.45, 7) is 0.324. The van der Waals surface area contributed by atoms with E-state index < -0.39 is 5.97 Å². The number of esters is 1. The van der Waals surface area contributed by atoms with Gasteiger partial charge in [0.15, 0.2) is 5.78 Å². The molecule has 0 unspecified atom stereocenters. The normalized spacial score (nSPS) is 9.86. The van der Waals surface area contributed by atoms with Gasteiger partial charge in [0.05, 0.1) is 12.0 Å². The van der Waals surface area contributed by atoms with Crippen LogP contribution in [0.3, 0.4) is 0 Å². The number of carbonyl (C=O) groups excluding carboxylic acids is 2. The van der Waals surface area contributed by atoms with Crippen LogP contribution >= 0.6 is 11.3 Å². The van der Waals surface area contributed by atoms with Crippen LogP contribution in [0.15, 0.2) is 12.1 Å². The molecule has 1 aromatic rings. The fourth-order valence-corrected chi connectivity index (χ4v) is 1.84. The lowest BCUT2D eigenvalue weighted by molar-refractivity contribution is 0.0606. The van der Waals surface area contributed by atoms with Crippen LogP contribution in [0, 0.1) is 0 Å². The molecule has 1 heterocycles. The van der Waals surface area contributed by atoms with E-state index in [0.717, 1.165) is 11.3 Å². The maximum atomic E-state index is 11.3. The van der Waals surface area contributed by atoms with Gasteiger partial charge in [-0.25, -0.2) is 4.79 Å². The Labute approximate surface area is 85.7 Å².